The van der Waals surface area contributed by atoms with Gasteiger partial charge in [-0.05, 0) is 42.0 Å². The van der Waals surface area contributed by atoms with Crippen LogP contribution in [-0.4, -0.2) is 6.54 Å². The van der Waals surface area contributed by atoms with Gasteiger partial charge in [0.05, 0.1) is 6.04 Å². The van der Waals surface area contributed by atoms with Gasteiger partial charge >= 0.3 is 0 Å². The van der Waals surface area contributed by atoms with E-state index in [1.165, 1.54) is 24.3 Å². The molecule has 0 aliphatic carbocycles. The molecule has 1 unspecified atom stereocenters. The zero-order valence-corrected chi connectivity index (χ0v) is 9.74. The molecule has 0 amide bonds. The minimum Gasteiger partial charge on any atom is -0.377 e. The summed E-state index contributed by atoms with van der Waals surface area (Å²) in [6.07, 6.45) is 0. The van der Waals surface area contributed by atoms with Crippen LogP contribution >= 0.6 is 0 Å². The van der Waals surface area contributed by atoms with Crippen molar-refractivity contribution in [1.29, 1.82) is 0 Å². The number of halogens is 2. The number of anilines is 1. The SMILES string of the molecule is NCC(Nc1ccc(F)cc1)c1cccc(F)c1. The van der Waals surface area contributed by atoms with Crippen LogP contribution < -0.4 is 11.1 Å². The smallest absolute Gasteiger partial charge is 0.123 e. The summed E-state index contributed by atoms with van der Waals surface area (Å²) < 4.78 is 25.9. The van der Waals surface area contributed by atoms with E-state index in [9.17, 15) is 8.78 Å². The monoisotopic (exact) mass is 248 g/mol. The van der Waals surface area contributed by atoms with E-state index in [2.05, 4.69) is 5.32 Å². The number of hydrogen-bond acceptors (Lipinski definition) is 2. The van der Waals surface area contributed by atoms with E-state index in [0.717, 1.165) is 11.3 Å². The van der Waals surface area contributed by atoms with Gasteiger partial charge in [0.15, 0.2) is 0 Å². The fraction of sp³-hybridized carbons (Fsp3) is 0.143. The molecule has 2 rings (SSSR count). The Labute approximate surface area is 104 Å². The summed E-state index contributed by atoms with van der Waals surface area (Å²) in [6, 6.07) is 12.0. The first-order valence-corrected chi connectivity index (χ1v) is 5.66. The Hall–Kier alpha value is -1.94. The van der Waals surface area contributed by atoms with Gasteiger partial charge in [0, 0.05) is 12.2 Å². The molecule has 2 aromatic carbocycles. The summed E-state index contributed by atoms with van der Waals surface area (Å²) in [5.41, 5.74) is 7.19. The van der Waals surface area contributed by atoms with Crippen LogP contribution in [0.1, 0.15) is 11.6 Å². The van der Waals surface area contributed by atoms with Gasteiger partial charge in [-0.25, -0.2) is 8.78 Å². The molecule has 0 radical (unpaired) electrons. The summed E-state index contributed by atoms with van der Waals surface area (Å²) in [6.45, 7) is 0.320. The number of nitrogens with two attached hydrogens (primary N) is 1. The van der Waals surface area contributed by atoms with Crippen molar-refractivity contribution in [3.05, 3.63) is 65.7 Å². The van der Waals surface area contributed by atoms with Crippen molar-refractivity contribution in [3.8, 4) is 0 Å². The molecule has 0 saturated heterocycles. The lowest BCUT2D eigenvalue weighted by Crippen LogP contribution is -2.20. The van der Waals surface area contributed by atoms with Crippen molar-refractivity contribution < 1.29 is 8.78 Å². The normalized spacial score (nSPS) is 12.2. The van der Waals surface area contributed by atoms with Gasteiger partial charge < -0.3 is 11.1 Å². The van der Waals surface area contributed by atoms with Crippen LogP contribution in [0.25, 0.3) is 0 Å². The molecule has 0 bridgehead atoms. The Balaban J connectivity index is 2.17. The zero-order chi connectivity index (χ0) is 13.0. The largest absolute Gasteiger partial charge is 0.377 e. The van der Waals surface area contributed by atoms with Gasteiger partial charge in [0.25, 0.3) is 0 Å². The predicted molar refractivity (Wildman–Crippen MR) is 68.2 cm³/mol. The van der Waals surface area contributed by atoms with Crippen molar-refractivity contribution in [2.45, 2.75) is 6.04 Å². The average molecular weight is 248 g/mol. The highest BCUT2D eigenvalue weighted by molar-refractivity contribution is 5.45. The first kappa shape index (κ1) is 12.5. The summed E-state index contributed by atoms with van der Waals surface area (Å²) in [7, 11) is 0. The average Bonchev–Trinajstić information content (AvgIpc) is 2.38. The maximum absolute atomic E-state index is 13.1. The third-order valence-electron chi connectivity index (χ3n) is 2.67. The van der Waals surface area contributed by atoms with Gasteiger partial charge in [0.1, 0.15) is 11.6 Å². The van der Waals surface area contributed by atoms with Crippen molar-refractivity contribution in [1.82, 2.24) is 0 Å². The molecular formula is C14H14F2N2. The van der Waals surface area contributed by atoms with E-state index in [4.69, 9.17) is 5.73 Å². The molecule has 0 aliphatic heterocycles. The molecule has 1 atom stereocenters. The van der Waals surface area contributed by atoms with Crippen molar-refractivity contribution in [2.75, 3.05) is 11.9 Å². The summed E-state index contributed by atoms with van der Waals surface area (Å²) in [5.74, 6) is -0.595. The zero-order valence-electron chi connectivity index (χ0n) is 9.74. The Morgan fingerprint density at radius 3 is 2.33 bits per heavy atom. The summed E-state index contributed by atoms with van der Waals surface area (Å²) in [4.78, 5) is 0. The molecule has 2 aromatic rings. The Bertz CT molecular complexity index is 511. The van der Waals surface area contributed by atoms with Crippen molar-refractivity contribution in [2.24, 2.45) is 5.73 Å². The van der Waals surface area contributed by atoms with E-state index < -0.39 is 0 Å². The highest BCUT2D eigenvalue weighted by Crippen LogP contribution is 2.19. The van der Waals surface area contributed by atoms with Crippen molar-refractivity contribution >= 4 is 5.69 Å². The second kappa shape index (κ2) is 5.60. The molecule has 0 aliphatic rings. The maximum atomic E-state index is 13.1. The molecule has 3 N–H and O–H groups in total. The summed E-state index contributed by atoms with van der Waals surface area (Å²) in [5, 5.41) is 3.14. The molecule has 0 fully saturated rings. The van der Waals surface area contributed by atoms with E-state index in [0.29, 0.717) is 6.54 Å². The molecular weight excluding hydrogens is 234 g/mol. The third-order valence-corrected chi connectivity index (χ3v) is 2.67. The lowest BCUT2D eigenvalue weighted by molar-refractivity contribution is 0.622. The highest BCUT2D eigenvalue weighted by Gasteiger charge is 2.10. The molecule has 2 nitrogen and oxygen atoms in total. The van der Waals surface area contributed by atoms with Crippen LogP contribution in [-0.2, 0) is 0 Å². The molecule has 18 heavy (non-hydrogen) atoms. The van der Waals surface area contributed by atoms with Gasteiger partial charge in [-0.3, -0.25) is 0 Å². The van der Waals surface area contributed by atoms with Gasteiger partial charge in [0.2, 0.25) is 0 Å². The van der Waals surface area contributed by atoms with E-state index in [-0.39, 0.29) is 17.7 Å². The summed E-state index contributed by atoms with van der Waals surface area (Å²) >= 11 is 0. The molecule has 0 saturated carbocycles. The van der Waals surface area contributed by atoms with Crippen LogP contribution in [0.3, 0.4) is 0 Å². The Morgan fingerprint density at radius 1 is 1.00 bits per heavy atom. The van der Waals surface area contributed by atoms with Crippen LogP contribution in [0.15, 0.2) is 48.5 Å². The second-order valence-electron chi connectivity index (χ2n) is 3.99. The fourth-order valence-electron chi connectivity index (χ4n) is 1.75. The second-order valence-corrected chi connectivity index (χ2v) is 3.99. The minimum absolute atomic E-state index is 0.203. The highest BCUT2D eigenvalue weighted by atomic mass is 19.1. The maximum Gasteiger partial charge on any atom is 0.123 e. The Morgan fingerprint density at radius 2 is 1.72 bits per heavy atom. The molecule has 0 aromatic heterocycles. The molecule has 0 heterocycles. The first-order valence-electron chi connectivity index (χ1n) is 5.66. The van der Waals surface area contributed by atoms with Crippen LogP contribution in [0.5, 0.6) is 0 Å². The van der Waals surface area contributed by atoms with E-state index >= 15 is 0 Å². The number of benzene rings is 2. The number of nitrogens with one attached hydrogen (secondary N) is 1. The van der Waals surface area contributed by atoms with Crippen LogP contribution in [0.4, 0.5) is 14.5 Å². The standard InChI is InChI=1S/C14H14F2N2/c15-11-4-6-13(7-5-11)18-14(9-17)10-2-1-3-12(16)8-10/h1-8,14,18H,9,17H2. The first-order chi connectivity index (χ1) is 8.69. The minimum atomic E-state index is -0.299. The quantitative estimate of drug-likeness (QED) is 0.872. The van der Waals surface area contributed by atoms with Gasteiger partial charge in [-0.15, -0.1) is 0 Å². The van der Waals surface area contributed by atoms with Crippen LogP contribution in [0, 0.1) is 11.6 Å². The van der Waals surface area contributed by atoms with E-state index in [1.807, 2.05) is 0 Å². The molecule has 0 spiro atoms. The Kier molecular flexibility index (Phi) is 3.89. The van der Waals surface area contributed by atoms with E-state index in [1.54, 1.807) is 24.3 Å². The van der Waals surface area contributed by atoms with Gasteiger partial charge in [-0.1, -0.05) is 12.1 Å². The van der Waals surface area contributed by atoms with Crippen LogP contribution in [0.2, 0.25) is 0 Å². The molecule has 4 heteroatoms. The fourth-order valence-corrected chi connectivity index (χ4v) is 1.75. The topological polar surface area (TPSA) is 38.0 Å². The predicted octanol–water partition coefficient (Wildman–Crippen LogP) is 3.08. The van der Waals surface area contributed by atoms with Crippen molar-refractivity contribution in [3.63, 3.8) is 0 Å². The third kappa shape index (κ3) is 3.05. The number of rotatable bonds is 4. The van der Waals surface area contributed by atoms with Gasteiger partial charge in [-0.2, -0.15) is 0 Å². The number of hydrogen-bond donors (Lipinski definition) is 2. The lowest BCUT2D eigenvalue weighted by Gasteiger charge is -2.18. The lowest BCUT2D eigenvalue weighted by atomic mass is 10.1. The molecule has 94 valence electrons.